The highest BCUT2D eigenvalue weighted by atomic mass is 16.5. The number of aliphatic hydroxyl groups is 1. The Bertz CT molecular complexity index is 342. The lowest BCUT2D eigenvalue weighted by atomic mass is 9.73. The van der Waals surface area contributed by atoms with Crippen LogP contribution in [-0.2, 0) is 4.74 Å². The molecule has 0 spiro atoms. The predicted molar refractivity (Wildman–Crippen MR) is 77.6 cm³/mol. The lowest BCUT2D eigenvalue weighted by molar-refractivity contribution is 0.00249. The van der Waals surface area contributed by atoms with Gasteiger partial charge in [0, 0.05) is 25.1 Å². The van der Waals surface area contributed by atoms with E-state index in [1.54, 1.807) is 0 Å². The summed E-state index contributed by atoms with van der Waals surface area (Å²) in [6.07, 6.45) is 5.75. The standard InChI is InChI=1S/C15H28N2O3/c1-14(7-4-3-6-12(14)18)10-16-13(19)17-11-15(2)8-5-9-20-15/h12,18H,3-11H2,1-2H3,(H2,16,17,19). The number of hydrogen-bond acceptors (Lipinski definition) is 3. The van der Waals surface area contributed by atoms with E-state index in [0.717, 1.165) is 45.1 Å². The summed E-state index contributed by atoms with van der Waals surface area (Å²) >= 11 is 0. The average molecular weight is 284 g/mol. The van der Waals surface area contributed by atoms with Gasteiger partial charge in [0.15, 0.2) is 0 Å². The third-order valence-electron chi connectivity index (χ3n) is 4.86. The molecule has 1 saturated heterocycles. The molecule has 0 aromatic heterocycles. The summed E-state index contributed by atoms with van der Waals surface area (Å²) in [5.74, 6) is 0. The molecule has 2 aliphatic rings. The molecule has 3 unspecified atom stereocenters. The first-order valence-electron chi connectivity index (χ1n) is 7.77. The van der Waals surface area contributed by atoms with Crippen LogP contribution in [0.4, 0.5) is 4.79 Å². The van der Waals surface area contributed by atoms with Gasteiger partial charge in [-0.2, -0.15) is 0 Å². The lowest BCUT2D eigenvalue weighted by Crippen LogP contribution is -2.50. The Kier molecular flexibility index (Phi) is 4.91. The van der Waals surface area contributed by atoms with Crippen LogP contribution < -0.4 is 10.6 Å². The first-order chi connectivity index (χ1) is 9.44. The molecule has 20 heavy (non-hydrogen) atoms. The van der Waals surface area contributed by atoms with Crippen LogP contribution in [0.5, 0.6) is 0 Å². The number of urea groups is 1. The van der Waals surface area contributed by atoms with Gasteiger partial charge in [-0.1, -0.05) is 19.8 Å². The van der Waals surface area contributed by atoms with Crippen molar-refractivity contribution in [3.05, 3.63) is 0 Å². The Morgan fingerprint density at radius 3 is 2.60 bits per heavy atom. The third kappa shape index (κ3) is 3.85. The van der Waals surface area contributed by atoms with Crippen LogP contribution in [0.25, 0.3) is 0 Å². The molecular weight excluding hydrogens is 256 g/mol. The maximum atomic E-state index is 11.9. The number of aliphatic hydroxyl groups excluding tert-OH is 1. The molecule has 5 nitrogen and oxygen atoms in total. The topological polar surface area (TPSA) is 70.6 Å². The quantitative estimate of drug-likeness (QED) is 0.737. The van der Waals surface area contributed by atoms with Gasteiger partial charge in [-0.25, -0.2) is 4.79 Å². The largest absolute Gasteiger partial charge is 0.392 e. The van der Waals surface area contributed by atoms with Crippen molar-refractivity contribution in [3.63, 3.8) is 0 Å². The van der Waals surface area contributed by atoms with Crippen LogP contribution in [-0.4, -0.2) is 42.5 Å². The molecule has 2 rings (SSSR count). The number of nitrogens with one attached hydrogen (secondary N) is 2. The first-order valence-corrected chi connectivity index (χ1v) is 7.77. The van der Waals surface area contributed by atoms with Crippen molar-refractivity contribution in [2.45, 2.75) is 64.1 Å². The van der Waals surface area contributed by atoms with E-state index >= 15 is 0 Å². The van der Waals surface area contributed by atoms with Gasteiger partial charge < -0.3 is 20.5 Å². The van der Waals surface area contributed by atoms with Crippen LogP contribution in [0.2, 0.25) is 0 Å². The molecule has 0 bridgehead atoms. The summed E-state index contributed by atoms with van der Waals surface area (Å²) in [6, 6.07) is -0.166. The molecular formula is C15H28N2O3. The van der Waals surface area contributed by atoms with Gasteiger partial charge in [-0.05, 0) is 32.6 Å². The molecule has 1 aliphatic carbocycles. The number of amides is 2. The van der Waals surface area contributed by atoms with Crippen LogP contribution in [0.15, 0.2) is 0 Å². The van der Waals surface area contributed by atoms with E-state index in [9.17, 15) is 9.90 Å². The molecule has 1 saturated carbocycles. The highest BCUT2D eigenvalue weighted by Crippen LogP contribution is 2.35. The van der Waals surface area contributed by atoms with Gasteiger partial charge in [0.2, 0.25) is 0 Å². The van der Waals surface area contributed by atoms with Gasteiger partial charge >= 0.3 is 6.03 Å². The third-order valence-corrected chi connectivity index (χ3v) is 4.86. The molecule has 3 N–H and O–H groups in total. The minimum Gasteiger partial charge on any atom is -0.392 e. The van der Waals surface area contributed by atoms with Gasteiger partial charge in [-0.3, -0.25) is 0 Å². The van der Waals surface area contributed by atoms with Gasteiger partial charge in [0.25, 0.3) is 0 Å². The van der Waals surface area contributed by atoms with Crippen molar-refractivity contribution in [1.82, 2.24) is 10.6 Å². The number of ether oxygens (including phenoxy) is 1. The average Bonchev–Trinajstić information content (AvgIpc) is 2.85. The van der Waals surface area contributed by atoms with E-state index in [0.29, 0.717) is 13.1 Å². The molecule has 0 aromatic carbocycles. The maximum Gasteiger partial charge on any atom is 0.314 e. The Hall–Kier alpha value is -0.810. The van der Waals surface area contributed by atoms with Crippen LogP contribution in [0.3, 0.4) is 0 Å². The minimum atomic E-state index is -0.313. The smallest absolute Gasteiger partial charge is 0.314 e. The second-order valence-electron chi connectivity index (χ2n) is 6.85. The van der Waals surface area contributed by atoms with Crippen molar-refractivity contribution in [3.8, 4) is 0 Å². The van der Waals surface area contributed by atoms with Crippen molar-refractivity contribution < 1.29 is 14.6 Å². The molecule has 3 atom stereocenters. The van der Waals surface area contributed by atoms with E-state index in [2.05, 4.69) is 17.6 Å². The van der Waals surface area contributed by atoms with Gasteiger partial charge in [0.1, 0.15) is 0 Å². The molecule has 2 fully saturated rings. The second-order valence-corrected chi connectivity index (χ2v) is 6.85. The highest BCUT2D eigenvalue weighted by molar-refractivity contribution is 5.73. The molecule has 5 heteroatoms. The monoisotopic (exact) mass is 284 g/mol. The Labute approximate surface area is 121 Å². The highest BCUT2D eigenvalue weighted by Gasteiger charge is 2.36. The molecule has 116 valence electrons. The number of hydrogen-bond donors (Lipinski definition) is 3. The second kappa shape index (κ2) is 6.31. The fourth-order valence-electron chi connectivity index (χ4n) is 3.18. The van der Waals surface area contributed by atoms with E-state index in [4.69, 9.17) is 4.74 Å². The fourth-order valence-corrected chi connectivity index (χ4v) is 3.18. The summed E-state index contributed by atoms with van der Waals surface area (Å²) in [5.41, 5.74) is -0.408. The van der Waals surface area contributed by atoms with Crippen molar-refractivity contribution in [2.75, 3.05) is 19.7 Å². The van der Waals surface area contributed by atoms with E-state index in [1.165, 1.54) is 0 Å². The number of carbonyl (C=O) groups is 1. The predicted octanol–water partition coefficient (Wildman–Crippen LogP) is 1.80. The van der Waals surface area contributed by atoms with Crippen LogP contribution >= 0.6 is 0 Å². The van der Waals surface area contributed by atoms with Crippen LogP contribution in [0.1, 0.15) is 52.4 Å². The van der Waals surface area contributed by atoms with Crippen LogP contribution in [0, 0.1) is 5.41 Å². The summed E-state index contributed by atoms with van der Waals surface area (Å²) in [6.45, 7) is 5.94. The summed E-state index contributed by atoms with van der Waals surface area (Å²) in [5, 5.41) is 15.9. The van der Waals surface area contributed by atoms with E-state index in [-0.39, 0.29) is 23.2 Å². The number of rotatable bonds is 4. The van der Waals surface area contributed by atoms with Gasteiger partial charge in [-0.15, -0.1) is 0 Å². The zero-order valence-corrected chi connectivity index (χ0v) is 12.7. The first kappa shape index (κ1) is 15.6. The molecule has 0 aromatic rings. The summed E-state index contributed by atoms with van der Waals surface area (Å²) < 4.78 is 5.64. The Morgan fingerprint density at radius 1 is 1.20 bits per heavy atom. The van der Waals surface area contributed by atoms with E-state index < -0.39 is 0 Å². The Balaban J connectivity index is 1.71. The Morgan fingerprint density at radius 2 is 1.95 bits per heavy atom. The number of carbonyl (C=O) groups excluding carboxylic acids is 1. The fraction of sp³-hybridized carbons (Fsp3) is 0.933. The zero-order valence-electron chi connectivity index (χ0n) is 12.7. The molecule has 1 aliphatic heterocycles. The van der Waals surface area contributed by atoms with Crippen molar-refractivity contribution >= 4 is 6.03 Å². The normalized spacial score (nSPS) is 37.6. The van der Waals surface area contributed by atoms with E-state index in [1.807, 2.05) is 6.92 Å². The molecule has 2 amide bonds. The van der Waals surface area contributed by atoms with Crippen molar-refractivity contribution in [2.24, 2.45) is 5.41 Å². The maximum absolute atomic E-state index is 11.9. The SMILES string of the molecule is CC1(CNC(=O)NCC2(C)CCCCC2O)CCCO1. The zero-order chi connectivity index (χ0) is 14.6. The molecule has 1 heterocycles. The minimum absolute atomic E-state index is 0.166. The summed E-state index contributed by atoms with van der Waals surface area (Å²) in [7, 11) is 0. The molecule has 0 radical (unpaired) electrons. The van der Waals surface area contributed by atoms with Crippen molar-refractivity contribution in [1.29, 1.82) is 0 Å². The summed E-state index contributed by atoms with van der Waals surface area (Å²) in [4.78, 5) is 11.9. The lowest BCUT2D eigenvalue weighted by Gasteiger charge is -2.38. The van der Waals surface area contributed by atoms with Gasteiger partial charge in [0.05, 0.1) is 11.7 Å².